The quantitative estimate of drug-likeness (QED) is 0.157. The average molecular weight is 720 g/mol. The second kappa shape index (κ2) is 15.2. The molecule has 0 radical (unpaired) electrons. The lowest BCUT2D eigenvalue weighted by molar-refractivity contribution is -0.210. The Labute approximate surface area is 297 Å². The number of aryl methyl sites for hydroxylation is 1. The maximum absolute atomic E-state index is 13.3. The number of nitrogens with one attached hydrogen (secondary N) is 2. The minimum Gasteiger partial charge on any atom is -0.450 e. The van der Waals surface area contributed by atoms with E-state index in [4.69, 9.17) is 14.7 Å². The molecule has 7 rings (SSSR count). The van der Waals surface area contributed by atoms with Gasteiger partial charge in [0.25, 0.3) is 0 Å². The lowest BCUT2D eigenvalue weighted by Crippen LogP contribution is -2.39. The molecule has 3 N–H and O–H groups in total. The fraction of sp³-hybridized carbons (Fsp3) is 0.457. The number of imidazole rings is 1. The molecule has 4 heterocycles. The Morgan fingerprint density at radius 2 is 1.67 bits per heavy atom. The number of anilines is 2. The highest BCUT2D eigenvalue weighted by molar-refractivity contribution is 5.84. The Kier molecular flexibility index (Phi) is 10.3. The Bertz CT molecular complexity index is 1910. The van der Waals surface area contributed by atoms with Crippen LogP contribution in [0.15, 0.2) is 67.0 Å². The minimum atomic E-state index is -5.27. The van der Waals surface area contributed by atoms with Gasteiger partial charge in [0.2, 0.25) is 5.95 Å². The molecule has 1 saturated heterocycles. The van der Waals surface area contributed by atoms with E-state index in [1.54, 1.807) is 11.5 Å². The number of fused-ring (bicyclic) bond motifs is 1. The fourth-order valence-corrected chi connectivity index (χ4v) is 7.12. The van der Waals surface area contributed by atoms with Gasteiger partial charge >= 0.3 is 12.1 Å². The molecule has 0 unspecified atom stereocenters. The zero-order chi connectivity index (χ0) is 36.2. The molecular weight excluding hydrogens is 679 g/mol. The van der Waals surface area contributed by atoms with Crippen LogP contribution in [0, 0.1) is 6.92 Å². The molecule has 2 fully saturated rings. The third kappa shape index (κ3) is 7.69. The normalized spacial score (nSPS) is 21.1. The Morgan fingerprint density at radius 1 is 0.981 bits per heavy atom. The van der Waals surface area contributed by atoms with E-state index < -0.39 is 36.4 Å². The third-order valence-electron chi connectivity index (χ3n) is 9.71. The Morgan fingerprint density at radius 3 is 2.31 bits per heavy atom. The number of alkyl halides is 3. The van der Waals surface area contributed by atoms with E-state index in [-0.39, 0.29) is 18.2 Å². The lowest BCUT2D eigenvalue weighted by Gasteiger charge is -2.26. The monoisotopic (exact) mass is 719 g/mol. The zero-order valence-electron chi connectivity index (χ0n) is 28.5. The maximum atomic E-state index is 13.3. The molecule has 3 aromatic heterocycles. The van der Waals surface area contributed by atoms with Gasteiger partial charge in [0.15, 0.2) is 28.9 Å². The number of aromatic nitrogens is 8. The summed E-state index contributed by atoms with van der Waals surface area (Å²) in [5, 5.41) is 30.3. The number of ether oxygens (including phenoxy) is 1. The second-order valence-corrected chi connectivity index (χ2v) is 13.2. The van der Waals surface area contributed by atoms with Crippen LogP contribution in [0.3, 0.4) is 0 Å². The number of rotatable bonds is 12. The van der Waals surface area contributed by atoms with E-state index in [0.717, 1.165) is 48.4 Å². The van der Waals surface area contributed by atoms with Gasteiger partial charge in [-0.15, -0.1) is 10.2 Å². The van der Waals surface area contributed by atoms with Crippen molar-refractivity contribution in [1.82, 2.24) is 44.6 Å². The van der Waals surface area contributed by atoms with E-state index in [0.29, 0.717) is 36.0 Å². The molecule has 0 amide bonds. The molecule has 0 spiro atoms. The number of likely N-dealkylation sites (tertiary alicyclic amines) is 1. The Balaban J connectivity index is 1.22. The van der Waals surface area contributed by atoms with Crippen molar-refractivity contribution in [2.45, 2.75) is 69.0 Å². The minimum absolute atomic E-state index is 0.00714. The zero-order valence-corrected chi connectivity index (χ0v) is 28.5. The van der Waals surface area contributed by atoms with Crippen molar-refractivity contribution in [3.8, 4) is 0 Å². The van der Waals surface area contributed by atoms with Gasteiger partial charge in [0, 0.05) is 25.6 Å². The van der Waals surface area contributed by atoms with Gasteiger partial charge in [-0.25, -0.2) is 9.78 Å². The van der Waals surface area contributed by atoms with Crippen LogP contribution in [-0.2, 0) is 9.53 Å². The van der Waals surface area contributed by atoms with Crippen molar-refractivity contribution < 1.29 is 27.8 Å². The summed E-state index contributed by atoms with van der Waals surface area (Å²) in [6, 6.07) is 18.2. The second-order valence-electron chi connectivity index (χ2n) is 13.2. The van der Waals surface area contributed by atoms with Gasteiger partial charge in [0.1, 0.15) is 12.1 Å². The number of carbonyl (C=O) groups excluding carboxylic acids is 1. The van der Waals surface area contributed by atoms with Crippen LogP contribution >= 0.6 is 0 Å². The van der Waals surface area contributed by atoms with E-state index in [2.05, 4.69) is 60.2 Å². The lowest BCUT2D eigenvalue weighted by atomic mass is 9.91. The number of nitrogens with zero attached hydrogens (tertiary/aromatic N) is 9. The molecule has 274 valence electrons. The Hall–Kier alpha value is -5.16. The molecule has 17 heteroatoms. The summed E-state index contributed by atoms with van der Waals surface area (Å²) >= 11 is 0. The number of tetrazole rings is 1. The number of benzene rings is 2. The first-order valence-electron chi connectivity index (χ1n) is 17.4. The molecule has 1 saturated carbocycles. The summed E-state index contributed by atoms with van der Waals surface area (Å²) in [6.45, 7) is 5.47. The van der Waals surface area contributed by atoms with Gasteiger partial charge < -0.3 is 29.9 Å². The van der Waals surface area contributed by atoms with Crippen molar-refractivity contribution in [2.24, 2.45) is 0 Å². The largest absolute Gasteiger partial charge is 0.490 e. The predicted molar refractivity (Wildman–Crippen MR) is 185 cm³/mol. The molecule has 5 aromatic rings. The standard InChI is InChI=1S/C35H40F3N11O3/c1-22-44-46-49(45-22)27-19-26(29(50)30(27)52-33(51)35(36,37)38)48-21-41-28-31(42-34(43-32(28)48)39-15-18-47-16-9-4-10-17-47)40-20-25(23-11-5-2-6-12-23)24-13-7-3-8-14-24/h2-3,5-8,11-14,21,25-27,29-30,50H,4,9-10,15-20H2,1H3,(H2,39,40,42,43)/t26-,27+,29+,30-/m1/s1. The number of hydrogen-bond acceptors (Lipinski definition) is 12. The van der Waals surface area contributed by atoms with Crippen LogP contribution < -0.4 is 10.6 Å². The van der Waals surface area contributed by atoms with E-state index in [1.807, 2.05) is 36.4 Å². The summed E-state index contributed by atoms with van der Waals surface area (Å²) in [6.07, 6.45) is -3.49. The van der Waals surface area contributed by atoms with Crippen molar-refractivity contribution in [3.05, 3.63) is 83.9 Å². The molecular formula is C35H40F3N11O3. The van der Waals surface area contributed by atoms with E-state index in [9.17, 15) is 23.1 Å². The van der Waals surface area contributed by atoms with Crippen molar-refractivity contribution in [3.63, 3.8) is 0 Å². The SMILES string of the molecule is Cc1nnn([C@H]2C[C@@H](n3cnc4c(NCC(c5ccccc5)c5ccccc5)nc(NCCN5CCCCC5)nc43)[C@H](O)[C@@H]2OC(=O)C(F)(F)F)n1. The molecule has 2 aliphatic rings. The first kappa shape index (κ1) is 35.3. The van der Waals surface area contributed by atoms with Crippen LogP contribution in [0.1, 0.15) is 60.6 Å². The fourth-order valence-electron chi connectivity index (χ4n) is 7.12. The van der Waals surface area contributed by atoms with Gasteiger partial charge in [-0.2, -0.15) is 27.9 Å². The number of aliphatic hydroxyl groups is 1. The highest BCUT2D eigenvalue weighted by Gasteiger charge is 2.52. The molecule has 52 heavy (non-hydrogen) atoms. The first-order chi connectivity index (χ1) is 25.2. The van der Waals surface area contributed by atoms with Crippen LogP contribution in [0.4, 0.5) is 24.9 Å². The van der Waals surface area contributed by atoms with Crippen molar-refractivity contribution in [1.29, 1.82) is 0 Å². The molecule has 0 bridgehead atoms. The number of halogens is 3. The molecule has 1 aliphatic heterocycles. The first-order valence-corrected chi connectivity index (χ1v) is 17.4. The summed E-state index contributed by atoms with van der Waals surface area (Å²) < 4.78 is 46.5. The summed E-state index contributed by atoms with van der Waals surface area (Å²) in [5.41, 5.74) is 2.94. The van der Waals surface area contributed by atoms with Gasteiger partial charge in [-0.3, -0.25) is 0 Å². The van der Waals surface area contributed by atoms with Gasteiger partial charge in [-0.05, 0) is 55.6 Å². The maximum Gasteiger partial charge on any atom is 0.490 e. The number of esters is 1. The highest BCUT2D eigenvalue weighted by Crippen LogP contribution is 2.42. The van der Waals surface area contributed by atoms with Gasteiger partial charge in [0.05, 0.1) is 12.4 Å². The number of piperidine rings is 1. The summed E-state index contributed by atoms with van der Waals surface area (Å²) in [5.74, 6) is -1.43. The van der Waals surface area contributed by atoms with E-state index in [1.165, 1.54) is 12.7 Å². The molecule has 4 atom stereocenters. The molecule has 1 aliphatic carbocycles. The van der Waals surface area contributed by atoms with Crippen LogP contribution in [0.2, 0.25) is 0 Å². The van der Waals surface area contributed by atoms with E-state index >= 15 is 0 Å². The predicted octanol–water partition coefficient (Wildman–Crippen LogP) is 4.28. The van der Waals surface area contributed by atoms with Crippen molar-refractivity contribution >= 4 is 28.9 Å². The van der Waals surface area contributed by atoms with Crippen LogP contribution in [0.25, 0.3) is 11.2 Å². The molecule has 14 nitrogen and oxygen atoms in total. The number of aliphatic hydroxyl groups excluding tert-OH is 1. The third-order valence-corrected chi connectivity index (χ3v) is 9.71. The van der Waals surface area contributed by atoms with Crippen LogP contribution in [0.5, 0.6) is 0 Å². The summed E-state index contributed by atoms with van der Waals surface area (Å²) in [4.78, 5) is 29.7. The van der Waals surface area contributed by atoms with Crippen LogP contribution in [-0.4, -0.2) is 107 Å². The summed E-state index contributed by atoms with van der Waals surface area (Å²) in [7, 11) is 0. The molecule has 2 aromatic carbocycles. The van der Waals surface area contributed by atoms with Gasteiger partial charge in [-0.1, -0.05) is 67.1 Å². The smallest absolute Gasteiger partial charge is 0.450 e. The topological polar surface area (TPSA) is 161 Å². The highest BCUT2D eigenvalue weighted by atomic mass is 19.4. The average Bonchev–Trinajstić information content (AvgIpc) is 3.86. The number of carbonyl (C=O) groups is 1. The van der Waals surface area contributed by atoms with Crippen molar-refractivity contribution in [2.75, 3.05) is 43.4 Å². The number of hydrogen-bond donors (Lipinski definition) is 3.